The average molecular weight is 207 g/mol. The first kappa shape index (κ1) is 10.7. The third-order valence-corrected chi connectivity index (χ3v) is 2.10. The highest BCUT2D eigenvalue weighted by molar-refractivity contribution is 7.71. The summed E-state index contributed by atoms with van der Waals surface area (Å²) >= 11 is 5.00. The monoisotopic (exact) mass is 207 g/mol. The number of pyridine rings is 1. The fourth-order valence-corrected chi connectivity index (χ4v) is 1.27. The molecule has 0 unspecified atom stereocenters. The van der Waals surface area contributed by atoms with Crippen LogP contribution in [0.1, 0.15) is 19.4 Å². The number of rotatable bonds is 3. The summed E-state index contributed by atoms with van der Waals surface area (Å²) in [5.41, 5.74) is 1.33. The van der Waals surface area contributed by atoms with Gasteiger partial charge in [0.2, 0.25) is 0 Å². The lowest BCUT2D eigenvalue weighted by molar-refractivity contribution is 0.688. The van der Waals surface area contributed by atoms with Crippen LogP contribution in [0.4, 0.5) is 5.69 Å². The standard InChI is InChI=1S/C10H13N3S/c1-7(2)6-13-9-3-4-12-10(14)8(9)5-11/h3-4,7H,6H2,1-2H3,(H2,12,13,14). The fraction of sp³-hybridized carbons (Fsp3) is 0.400. The molecule has 0 amide bonds. The lowest BCUT2D eigenvalue weighted by Crippen LogP contribution is -2.09. The largest absolute Gasteiger partial charge is 0.384 e. The van der Waals surface area contributed by atoms with Crippen molar-refractivity contribution in [2.75, 3.05) is 11.9 Å². The Morgan fingerprint density at radius 3 is 2.93 bits per heavy atom. The van der Waals surface area contributed by atoms with Gasteiger partial charge in [0, 0.05) is 12.7 Å². The maximum absolute atomic E-state index is 8.89. The first-order valence-electron chi connectivity index (χ1n) is 4.50. The second-order valence-electron chi connectivity index (χ2n) is 3.48. The lowest BCUT2D eigenvalue weighted by Gasteiger charge is -2.09. The second kappa shape index (κ2) is 4.77. The van der Waals surface area contributed by atoms with Crippen LogP contribution in [-0.2, 0) is 0 Å². The molecule has 0 radical (unpaired) electrons. The zero-order chi connectivity index (χ0) is 10.6. The molecule has 0 spiro atoms. The van der Waals surface area contributed by atoms with Gasteiger partial charge in [-0.05, 0) is 12.0 Å². The molecular weight excluding hydrogens is 194 g/mol. The predicted octanol–water partition coefficient (Wildman–Crippen LogP) is 2.68. The van der Waals surface area contributed by atoms with Crippen LogP contribution in [0.15, 0.2) is 12.3 Å². The summed E-state index contributed by atoms with van der Waals surface area (Å²) in [5, 5.41) is 12.1. The van der Waals surface area contributed by atoms with E-state index in [0.717, 1.165) is 12.2 Å². The molecule has 0 aliphatic carbocycles. The molecule has 0 aromatic carbocycles. The quantitative estimate of drug-likeness (QED) is 0.749. The average Bonchev–Trinajstić information content (AvgIpc) is 2.14. The van der Waals surface area contributed by atoms with Crippen molar-refractivity contribution in [2.45, 2.75) is 13.8 Å². The zero-order valence-corrected chi connectivity index (χ0v) is 9.11. The Labute approximate surface area is 88.8 Å². The van der Waals surface area contributed by atoms with Crippen molar-refractivity contribution in [1.29, 1.82) is 5.26 Å². The van der Waals surface area contributed by atoms with E-state index in [2.05, 4.69) is 30.2 Å². The van der Waals surface area contributed by atoms with Gasteiger partial charge in [0.25, 0.3) is 0 Å². The Kier molecular flexibility index (Phi) is 3.66. The lowest BCUT2D eigenvalue weighted by atomic mass is 10.2. The molecular formula is C10H13N3S. The van der Waals surface area contributed by atoms with E-state index in [1.807, 2.05) is 6.07 Å². The Balaban J connectivity index is 2.93. The molecule has 0 fully saturated rings. The van der Waals surface area contributed by atoms with Crippen LogP contribution in [-0.4, -0.2) is 11.5 Å². The SMILES string of the molecule is CC(C)CNc1cc[nH]c(=S)c1C#N. The molecule has 1 rings (SSSR count). The zero-order valence-electron chi connectivity index (χ0n) is 8.29. The molecule has 74 valence electrons. The van der Waals surface area contributed by atoms with Gasteiger partial charge in [0.1, 0.15) is 16.3 Å². The first-order valence-corrected chi connectivity index (χ1v) is 4.91. The molecule has 1 aromatic heterocycles. The van der Waals surface area contributed by atoms with Crippen LogP contribution in [0.5, 0.6) is 0 Å². The van der Waals surface area contributed by atoms with Crippen LogP contribution in [0.2, 0.25) is 0 Å². The number of aromatic amines is 1. The Hall–Kier alpha value is -1.34. The van der Waals surface area contributed by atoms with Crippen molar-refractivity contribution in [3.63, 3.8) is 0 Å². The highest BCUT2D eigenvalue weighted by Crippen LogP contribution is 2.14. The number of H-pyrrole nitrogens is 1. The van der Waals surface area contributed by atoms with Crippen molar-refractivity contribution in [2.24, 2.45) is 5.92 Å². The van der Waals surface area contributed by atoms with Gasteiger partial charge in [-0.2, -0.15) is 5.26 Å². The summed E-state index contributed by atoms with van der Waals surface area (Å²) in [6.45, 7) is 5.07. The molecule has 1 aromatic rings. The van der Waals surface area contributed by atoms with Crippen LogP contribution in [0.3, 0.4) is 0 Å². The molecule has 14 heavy (non-hydrogen) atoms. The molecule has 3 nitrogen and oxygen atoms in total. The Morgan fingerprint density at radius 2 is 2.36 bits per heavy atom. The molecule has 0 bridgehead atoms. The van der Waals surface area contributed by atoms with Crippen molar-refractivity contribution in [3.05, 3.63) is 22.5 Å². The van der Waals surface area contributed by atoms with E-state index in [0.29, 0.717) is 16.1 Å². The number of nitrogens with zero attached hydrogens (tertiary/aromatic N) is 1. The Bertz CT molecular complexity index is 401. The van der Waals surface area contributed by atoms with E-state index in [1.165, 1.54) is 0 Å². The van der Waals surface area contributed by atoms with E-state index in [-0.39, 0.29) is 0 Å². The summed E-state index contributed by atoms with van der Waals surface area (Å²) in [6, 6.07) is 3.92. The Morgan fingerprint density at radius 1 is 1.64 bits per heavy atom. The van der Waals surface area contributed by atoms with Crippen molar-refractivity contribution in [1.82, 2.24) is 4.98 Å². The number of aromatic nitrogens is 1. The topological polar surface area (TPSA) is 51.6 Å². The minimum absolute atomic E-state index is 0.487. The molecule has 0 aliphatic heterocycles. The van der Waals surface area contributed by atoms with Crippen LogP contribution < -0.4 is 5.32 Å². The number of hydrogen-bond acceptors (Lipinski definition) is 3. The summed E-state index contributed by atoms with van der Waals surface area (Å²) in [4.78, 5) is 2.83. The minimum Gasteiger partial charge on any atom is -0.384 e. The van der Waals surface area contributed by atoms with Gasteiger partial charge in [-0.25, -0.2) is 0 Å². The number of nitriles is 1. The minimum atomic E-state index is 0.487. The van der Waals surface area contributed by atoms with Crippen molar-refractivity contribution >= 4 is 17.9 Å². The maximum Gasteiger partial charge on any atom is 0.123 e. The molecule has 0 aliphatic rings. The smallest absolute Gasteiger partial charge is 0.123 e. The number of hydrogen-bond donors (Lipinski definition) is 2. The predicted molar refractivity (Wildman–Crippen MR) is 59.7 cm³/mol. The molecule has 0 atom stereocenters. The van der Waals surface area contributed by atoms with Gasteiger partial charge < -0.3 is 10.3 Å². The summed E-state index contributed by atoms with van der Waals surface area (Å²) in [7, 11) is 0. The second-order valence-corrected chi connectivity index (χ2v) is 3.89. The van der Waals surface area contributed by atoms with Crippen LogP contribution in [0.25, 0.3) is 0 Å². The molecule has 0 saturated heterocycles. The highest BCUT2D eigenvalue weighted by atomic mass is 32.1. The summed E-state index contributed by atoms with van der Waals surface area (Å²) in [6.07, 6.45) is 1.74. The van der Waals surface area contributed by atoms with Crippen LogP contribution in [0, 0.1) is 21.9 Å². The van der Waals surface area contributed by atoms with E-state index < -0.39 is 0 Å². The van der Waals surface area contributed by atoms with E-state index in [9.17, 15) is 0 Å². The van der Waals surface area contributed by atoms with Gasteiger partial charge in [0.05, 0.1) is 5.69 Å². The molecule has 1 heterocycles. The maximum atomic E-state index is 8.89. The van der Waals surface area contributed by atoms with Gasteiger partial charge in [-0.15, -0.1) is 0 Å². The van der Waals surface area contributed by atoms with E-state index >= 15 is 0 Å². The fourth-order valence-electron chi connectivity index (χ4n) is 1.05. The van der Waals surface area contributed by atoms with E-state index in [1.54, 1.807) is 6.20 Å². The first-order chi connectivity index (χ1) is 6.65. The van der Waals surface area contributed by atoms with Gasteiger partial charge in [-0.1, -0.05) is 26.1 Å². The normalized spacial score (nSPS) is 9.86. The highest BCUT2D eigenvalue weighted by Gasteiger charge is 2.03. The summed E-state index contributed by atoms with van der Waals surface area (Å²) in [5.74, 6) is 0.541. The third-order valence-electron chi connectivity index (χ3n) is 1.77. The number of nitrogens with one attached hydrogen (secondary N) is 2. The molecule has 4 heteroatoms. The molecule has 0 saturated carbocycles. The van der Waals surface area contributed by atoms with Gasteiger partial charge in [0.15, 0.2) is 0 Å². The van der Waals surface area contributed by atoms with Crippen molar-refractivity contribution in [3.8, 4) is 6.07 Å². The van der Waals surface area contributed by atoms with Crippen LogP contribution >= 0.6 is 12.2 Å². The van der Waals surface area contributed by atoms with Crippen molar-refractivity contribution < 1.29 is 0 Å². The third kappa shape index (κ3) is 2.57. The number of anilines is 1. The van der Waals surface area contributed by atoms with E-state index in [4.69, 9.17) is 17.5 Å². The van der Waals surface area contributed by atoms with Gasteiger partial charge >= 0.3 is 0 Å². The van der Waals surface area contributed by atoms with Gasteiger partial charge in [-0.3, -0.25) is 0 Å². The summed E-state index contributed by atoms with van der Waals surface area (Å²) < 4.78 is 0.487. The molecule has 2 N–H and O–H groups in total.